The third-order valence-electron chi connectivity index (χ3n) is 4.06. The van der Waals surface area contributed by atoms with Crippen LogP contribution >= 0.6 is 27.5 Å². The van der Waals surface area contributed by atoms with Crippen LogP contribution in [0.3, 0.4) is 0 Å². The first-order chi connectivity index (χ1) is 13.3. The van der Waals surface area contributed by atoms with E-state index in [0.717, 1.165) is 28.4 Å². The molecule has 0 radical (unpaired) electrons. The fraction of sp³-hybridized carbons (Fsp3) is 0.333. The lowest BCUT2D eigenvalue weighted by Crippen LogP contribution is -2.20. The second kappa shape index (κ2) is 10.5. The third-order valence-corrected chi connectivity index (χ3v) is 5.63. The topological polar surface area (TPSA) is 64.6 Å². The van der Waals surface area contributed by atoms with Crippen LogP contribution in [0.2, 0.25) is 5.02 Å². The van der Waals surface area contributed by atoms with Crippen LogP contribution in [0.25, 0.3) is 0 Å². The number of unbranched alkanes of at least 4 members (excludes halogenated alkanes) is 1. The molecule has 150 valence electrons. The zero-order valence-corrected chi connectivity index (χ0v) is 18.4. The van der Waals surface area contributed by atoms with Gasteiger partial charge in [-0.1, -0.05) is 24.9 Å². The maximum absolute atomic E-state index is 12.2. The molecule has 0 heterocycles. The third kappa shape index (κ3) is 5.97. The second-order valence-electron chi connectivity index (χ2n) is 6.35. The van der Waals surface area contributed by atoms with Crippen molar-refractivity contribution < 1.29 is 19.1 Å². The Labute approximate surface area is 178 Å². The van der Waals surface area contributed by atoms with E-state index < -0.39 is 0 Å². The van der Waals surface area contributed by atoms with Crippen LogP contribution in [-0.4, -0.2) is 25.1 Å². The largest absolute Gasteiger partial charge is 0.483 e. The van der Waals surface area contributed by atoms with Gasteiger partial charge in [-0.3, -0.25) is 4.79 Å². The van der Waals surface area contributed by atoms with Gasteiger partial charge in [0.25, 0.3) is 5.91 Å². The van der Waals surface area contributed by atoms with Gasteiger partial charge in [-0.15, -0.1) is 0 Å². The number of aryl methyl sites for hydroxylation is 1. The Balaban J connectivity index is 1.91. The molecule has 0 aliphatic rings. The Kier molecular flexibility index (Phi) is 8.33. The molecule has 0 saturated carbocycles. The molecule has 7 heteroatoms. The van der Waals surface area contributed by atoms with Crippen molar-refractivity contribution in [3.63, 3.8) is 0 Å². The summed E-state index contributed by atoms with van der Waals surface area (Å²) >= 11 is 9.64. The van der Waals surface area contributed by atoms with Gasteiger partial charge in [-0.2, -0.15) is 0 Å². The van der Waals surface area contributed by atoms with E-state index in [2.05, 4.69) is 21.2 Å². The summed E-state index contributed by atoms with van der Waals surface area (Å²) in [7, 11) is 0. The number of ether oxygens (including phenoxy) is 2. The van der Waals surface area contributed by atoms with E-state index >= 15 is 0 Å². The molecule has 2 aromatic rings. The summed E-state index contributed by atoms with van der Waals surface area (Å²) in [6, 6.07) is 8.33. The Bertz CT molecular complexity index is 852. The molecule has 0 aliphatic carbocycles. The highest BCUT2D eigenvalue weighted by Crippen LogP contribution is 2.35. The first-order valence-electron chi connectivity index (χ1n) is 8.98. The maximum Gasteiger partial charge on any atom is 0.338 e. The quantitative estimate of drug-likeness (QED) is 0.399. The molecule has 0 atom stereocenters. The molecule has 0 bridgehead atoms. The number of hydrogen-bond donors (Lipinski definition) is 1. The number of rotatable bonds is 8. The van der Waals surface area contributed by atoms with Crippen LogP contribution in [0.5, 0.6) is 5.75 Å². The van der Waals surface area contributed by atoms with Crippen LogP contribution in [0.1, 0.15) is 41.3 Å². The SMILES string of the molecule is CCCCOC(=O)c1ccc(NC(=O)COc2cc(C)c(Cl)c(C)c2Br)cc1. The van der Waals surface area contributed by atoms with E-state index in [1.165, 1.54) is 0 Å². The molecule has 0 aromatic heterocycles. The zero-order valence-electron chi connectivity index (χ0n) is 16.1. The molecular formula is C21H23BrClNO4. The second-order valence-corrected chi connectivity index (χ2v) is 7.52. The predicted octanol–water partition coefficient (Wildman–Crippen LogP) is 5.69. The monoisotopic (exact) mass is 467 g/mol. The van der Waals surface area contributed by atoms with Crippen LogP contribution in [0, 0.1) is 13.8 Å². The van der Waals surface area contributed by atoms with Crippen LogP contribution < -0.4 is 10.1 Å². The number of hydrogen-bond acceptors (Lipinski definition) is 4. The Hall–Kier alpha value is -2.05. The van der Waals surface area contributed by atoms with Crippen molar-refractivity contribution in [2.45, 2.75) is 33.6 Å². The van der Waals surface area contributed by atoms with Gasteiger partial charge in [0.15, 0.2) is 6.61 Å². The summed E-state index contributed by atoms with van der Waals surface area (Å²) < 4.78 is 11.5. The summed E-state index contributed by atoms with van der Waals surface area (Å²) in [6.45, 7) is 6.04. The standard InChI is InChI=1S/C21H23BrClNO4/c1-4-5-10-27-21(26)15-6-8-16(9-7-15)24-18(25)12-28-17-11-13(2)20(23)14(3)19(17)22/h6-9,11H,4-5,10,12H2,1-3H3,(H,24,25). The first-order valence-corrected chi connectivity index (χ1v) is 10.2. The van der Waals surface area contributed by atoms with Crippen molar-refractivity contribution in [2.75, 3.05) is 18.5 Å². The van der Waals surface area contributed by atoms with E-state index in [4.69, 9.17) is 21.1 Å². The molecule has 28 heavy (non-hydrogen) atoms. The average Bonchev–Trinajstić information content (AvgIpc) is 2.68. The molecule has 0 aliphatic heterocycles. The van der Waals surface area contributed by atoms with E-state index in [-0.39, 0.29) is 18.5 Å². The van der Waals surface area contributed by atoms with Gasteiger partial charge in [-0.05, 0) is 77.7 Å². The minimum atomic E-state index is -0.368. The molecule has 0 spiro atoms. The predicted molar refractivity (Wildman–Crippen MR) is 114 cm³/mol. The van der Waals surface area contributed by atoms with Crippen LogP contribution in [0.15, 0.2) is 34.8 Å². The maximum atomic E-state index is 12.2. The summed E-state index contributed by atoms with van der Waals surface area (Å²) in [5, 5.41) is 3.40. The van der Waals surface area contributed by atoms with Crippen LogP contribution in [-0.2, 0) is 9.53 Å². The highest BCUT2D eigenvalue weighted by atomic mass is 79.9. The number of halogens is 2. The van der Waals surface area contributed by atoms with E-state index in [0.29, 0.717) is 28.6 Å². The van der Waals surface area contributed by atoms with Crippen molar-refractivity contribution in [1.29, 1.82) is 0 Å². The number of amides is 1. The minimum Gasteiger partial charge on any atom is -0.483 e. The van der Waals surface area contributed by atoms with Crippen molar-refractivity contribution in [3.8, 4) is 5.75 Å². The van der Waals surface area contributed by atoms with Gasteiger partial charge in [0, 0.05) is 10.7 Å². The Morgan fingerprint density at radius 2 is 1.86 bits per heavy atom. The van der Waals surface area contributed by atoms with E-state index in [1.54, 1.807) is 30.3 Å². The molecule has 1 N–H and O–H groups in total. The van der Waals surface area contributed by atoms with Gasteiger partial charge in [0.2, 0.25) is 0 Å². The lowest BCUT2D eigenvalue weighted by molar-refractivity contribution is -0.118. The summed E-state index contributed by atoms with van der Waals surface area (Å²) in [5.74, 6) is -0.122. The number of nitrogens with one attached hydrogen (secondary N) is 1. The molecule has 2 rings (SSSR count). The molecule has 2 aromatic carbocycles. The van der Waals surface area contributed by atoms with Gasteiger partial charge in [-0.25, -0.2) is 4.79 Å². The highest BCUT2D eigenvalue weighted by Gasteiger charge is 2.13. The fourth-order valence-electron chi connectivity index (χ4n) is 2.43. The molecule has 1 amide bonds. The van der Waals surface area contributed by atoms with Gasteiger partial charge in [0.1, 0.15) is 5.75 Å². The lowest BCUT2D eigenvalue weighted by Gasteiger charge is -2.13. The first kappa shape index (κ1) is 22.2. The molecule has 0 unspecified atom stereocenters. The van der Waals surface area contributed by atoms with Crippen molar-refractivity contribution in [3.05, 3.63) is 56.5 Å². The molecule has 0 fully saturated rings. The fourth-order valence-corrected chi connectivity index (χ4v) is 3.12. The smallest absolute Gasteiger partial charge is 0.338 e. The average molecular weight is 469 g/mol. The number of anilines is 1. The normalized spacial score (nSPS) is 10.5. The van der Waals surface area contributed by atoms with Gasteiger partial charge >= 0.3 is 5.97 Å². The highest BCUT2D eigenvalue weighted by molar-refractivity contribution is 9.10. The Morgan fingerprint density at radius 1 is 1.18 bits per heavy atom. The number of benzene rings is 2. The van der Waals surface area contributed by atoms with Crippen molar-refractivity contribution in [1.82, 2.24) is 0 Å². The van der Waals surface area contributed by atoms with Gasteiger partial charge in [0.05, 0.1) is 16.6 Å². The van der Waals surface area contributed by atoms with Crippen LogP contribution in [0.4, 0.5) is 5.69 Å². The molecule has 5 nitrogen and oxygen atoms in total. The summed E-state index contributed by atoms with van der Waals surface area (Å²) in [4.78, 5) is 24.0. The number of carbonyl (C=O) groups excluding carboxylic acids is 2. The molecular weight excluding hydrogens is 446 g/mol. The van der Waals surface area contributed by atoms with Gasteiger partial charge < -0.3 is 14.8 Å². The zero-order chi connectivity index (χ0) is 20.7. The summed E-state index contributed by atoms with van der Waals surface area (Å²) in [5.41, 5.74) is 2.75. The van der Waals surface area contributed by atoms with Crippen molar-refractivity contribution >= 4 is 45.1 Å². The minimum absolute atomic E-state index is 0.153. The van der Waals surface area contributed by atoms with Crippen molar-refractivity contribution in [2.24, 2.45) is 0 Å². The number of esters is 1. The lowest BCUT2D eigenvalue weighted by atomic mass is 10.1. The van der Waals surface area contributed by atoms with E-state index in [1.807, 2.05) is 20.8 Å². The summed E-state index contributed by atoms with van der Waals surface area (Å²) in [6.07, 6.45) is 1.80. The molecule has 0 saturated heterocycles. The number of carbonyl (C=O) groups is 2. The van der Waals surface area contributed by atoms with E-state index in [9.17, 15) is 9.59 Å². The Morgan fingerprint density at radius 3 is 2.50 bits per heavy atom.